The van der Waals surface area contributed by atoms with Crippen LogP contribution < -0.4 is 5.32 Å². The Balaban J connectivity index is 2.34. The molecule has 0 radical (unpaired) electrons. The third kappa shape index (κ3) is 3.03. The molecule has 19 heavy (non-hydrogen) atoms. The van der Waals surface area contributed by atoms with Crippen molar-refractivity contribution in [3.8, 4) is 10.6 Å². The molecule has 0 saturated heterocycles. The lowest BCUT2D eigenvalue weighted by Gasteiger charge is -1.99. The van der Waals surface area contributed by atoms with Crippen LogP contribution in [0.5, 0.6) is 0 Å². The molecule has 1 N–H and O–H groups in total. The van der Waals surface area contributed by atoms with E-state index in [-0.39, 0.29) is 5.91 Å². The molecule has 0 bridgehead atoms. The standard InChI is InChI=1S/C14H13ClN2OS/c1-3-8-16-13(18)12-9(2)17-14(19-12)10-6-4-5-7-11(10)15/h3-7H,1,8H2,2H3,(H,16,18). The Kier molecular flexibility index (Phi) is 4.35. The summed E-state index contributed by atoms with van der Waals surface area (Å²) in [6, 6.07) is 7.47. The van der Waals surface area contributed by atoms with Crippen LogP contribution >= 0.6 is 22.9 Å². The summed E-state index contributed by atoms with van der Waals surface area (Å²) in [5.41, 5.74) is 1.56. The van der Waals surface area contributed by atoms with Crippen LogP contribution in [0.1, 0.15) is 15.4 Å². The van der Waals surface area contributed by atoms with Gasteiger partial charge in [0.25, 0.3) is 5.91 Å². The lowest BCUT2D eigenvalue weighted by molar-refractivity contribution is 0.0961. The minimum atomic E-state index is -0.131. The molecule has 0 spiro atoms. The predicted octanol–water partition coefficient (Wildman–Crippen LogP) is 3.69. The van der Waals surface area contributed by atoms with Crippen LogP contribution in [0.2, 0.25) is 5.02 Å². The van der Waals surface area contributed by atoms with E-state index in [1.807, 2.05) is 31.2 Å². The van der Waals surface area contributed by atoms with Gasteiger partial charge >= 0.3 is 0 Å². The van der Waals surface area contributed by atoms with Crippen LogP contribution in [0.15, 0.2) is 36.9 Å². The van der Waals surface area contributed by atoms with Gasteiger partial charge in [0.1, 0.15) is 9.88 Å². The van der Waals surface area contributed by atoms with Crippen LogP contribution in [-0.4, -0.2) is 17.4 Å². The lowest BCUT2D eigenvalue weighted by atomic mass is 10.2. The van der Waals surface area contributed by atoms with E-state index >= 15 is 0 Å². The number of amides is 1. The summed E-state index contributed by atoms with van der Waals surface area (Å²) in [4.78, 5) is 17.0. The summed E-state index contributed by atoms with van der Waals surface area (Å²) in [6.07, 6.45) is 1.64. The molecule has 5 heteroatoms. The number of thiazole rings is 1. The first-order chi connectivity index (χ1) is 9.13. The maximum Gasteiger partial charge on any atom is 0.263 e. The van der Waals surface area contributed by atoms with Crippen LogP contribution in [0, 0.1) is 6.92 Å². The van der Waals surface area contributed by atoms with E-state index in [1.54, 1.807) is 6.08 Å². The van der Waals surface area contributed by atoms with Crippen molar-refractivity contribution in [2.24, 2.45) is 0 Å². The smallest absolute Gasteiger partial charge is 0.263 e. The molecule has 0 fully saturated rings. The predicted molar refractivity (Wildman–Crippen MR) is 79.8 cm³/mol. The van der Waals surface area contributed by atoms with E-state index in [1.165, 1.54) is 11.3 Å². The molecule has 0 aliphatic heterocycles. The number of nitrogens with zero attached hydrogens (tertiary/aromatic N) is 1. The van der Waals surface area contributed by atoms with Gasteiger partial charge in [-0.05, 0) is 13.0 Å². The van der Waals surface area contributed by atoms with Crippen molar-refractivity contribution in [2.75, 3.05) is 6.54 Å². The Morgan fingerprint density at radius 3 is 2.95 bits per heavy atom. The Morgan fingerprint density at radius 2 is 2.26 bits per heavy atom. The first-order valence-corrected chi connectivity index (χ1v) is 6.94. The van der Waals surface area contributed by atoms with Crippen LogP contribution in [0.25, 0.3) is 10.6 Å². The maximum atomic E-state index is 11.9. The Morgan fingerprint density at radius 1 is 1.53 bits per heavy atom. The van der Waals surface area contributed by atoms with Gasteiger partial charge in [-0.25, -0.2) is 4.98 Å². The Bertz CT molecular complexity index is 622. The molecule has 3 nitrogen and oxygen atoms in total. The fraction of sp³-hybridized carbons (Fsp3) is 0.143. The summed E-state index contributed by atoms with van der Waals surface area (Å²) in [6.45, 7) is 5.83. The Labute approximate surface area is 120 Å². The average molecular weight is 293 g/mol. The van der Waals surface area contributed by atoms with E-state index in [2.05, 4.69) is 16.9 Å². The van der Waals surface area contributed by atoms with Crippen LogP contribution in [0.4, 0.5) is 0 Å². The van der Waals surface area contributed by atoms with Gasteiger partial charge in [-0.2, -0.15) is 0 Å². The zero-order chi connectivity index (χ0) is 13.8. The monoisotopic (exact) mass is 292 g/mol. The molecule has 1 amide bonds. The number of aryl methyl sites for hydroxylation is 1. The summed E-state index contributed by atoms with van der Waals surface area (Å²) in [5, 5.41) is 4.14. The molecular weight excluding hydrogens is 280 g/mol. The average Bonchev–Trinajstić information content (AvgIpc) is 2.78. The van der Waals surface area contributed by atoms with Crippen molar-refractivity contribution in [2.45, 2.75) is 6.92 Å². The number of carbonyl (C=O) groups is 1. The topological polar surface area (TPSA) is 42.0 Å². The fourth-order valence-electron chi connectivity index (χ4n) is 1.60. The number of rotatable bonds is 4. The highest BCUT2D eigenvalue weighted by atomic mass is 35.5. The second-order valence-electron chi connectivity index (χ2n) is 3.91. The highest BCUT2D eigenvalue weighted by Gasteiger charge is 2.16. The molecule has 98 valence electrons. The van der Waals surface area contributed by atoms with E-state index in [0.717, 1.165) is 10.6 Å². The number of hydrogen-bond acceptors (Lipinski definition) is 3. The minimum Gasteiger partial charge on any atom is -0.348 e. The molecule has 2 rings (SSSR count). The zero-order valence-electron chi connectivity index (χ0n) is 10.4. The summed E-state index contributed by atoms with van der Waals surface area (Å²) in [7, 11) is 0. The fourth-order valence-corrected chi connectivity index (χ4v) is 2.91. The van der Waals surface area contributed by atoms with Crippen molar-refractivity contribution in [1.29, 1.82) is 0 Å². The van der Waals surface area contributed by atoms with Crippen molar-refractivity contribution in [3.63, 3.8) is 0 Å². The molecule has 0 aliphatic rings. The quantitative estimate of drug-likeness (QED) is 0.873. The third-order valence-corrected chi connectivity index (χ3v) is 4.03. The number of halogens is 1. The Hall–Kier alpha value is -1.65. The van der Waals surface area contributed by atoms with Crippen molar-refractivity contribution >= 4 is 28.8 Å². The van der Waals surface area contributed by atoms with Crippen LogP contribution in [0.3, 0.4) is 0 Å². The molecule has 0 saturated carbocycles. The van der Waals surface area contributed by atoms with Gasteiger partial charge in [0.15, 0.2) is 0 Å². The maximum absolute atomic E-state index is 11.9. The van der Waals surface area contributed by atoms with Gasteiger partial charge in [0.05, 0.1) is 10.7 Å². The van der Waals surface area contributed by atoms with Gasteiger partial charge in [-0.1, -0.05) is 35.9 Å². The number of nitrogens with one attached hydrogen (secondary N) is 1. The largest absolute Gasteiger partial charge is 0.348 e. The van der Waals surface area contributed by atoms with Crippen molar-refractivity contribution < 1.29 is 4.79 Å². The second-order valence-corrected chi connectivity index (χ2v) is 5.32. The van der Waals surface area contributed by atoms with Gasteiger partial charge in [0, 0.05) is 12.1 Å². The van der Waals surface area contributed by atoms with Gasteiger partial charge in [0.2, 0.25) is 0 Å². The lowest BCUT2D eigenvalue weighted by Crippen LogP contribution is -2.22. The first kappa shape index (κ1) is 13.8. The first-order valence-electron chi connectivity index (χ1n) is 5.75. The van der Waals surface area contributed by atoms with E-state index in [0.29, 0.717) is 22.1 Å². The normalized spacial score (nSPS) is 10.2. The zero-order valence-corrected chi connectivity index (χ0v) is 12.0. The molecule has 1 heterocycles. The molecular formula is C14H13ClN2OS. The minimum absolute atomic E-state index is 0.131. The SMILES string of the molecule is C=CCNC(=O)c1sc(-c2ccccc2Cl)nc1C. The van der Waals surface area contributed by atoms with E-state index in [4.69, 9.17) is 11.6 Å². The number of hydrogen-bond donors (Lipinski definition) is 1. The summed E-state index contributed by atoms with van der Waals surface area (Å²) in [5.74, 6) is -0.131. The van der Waals surface area contributed by atoms with Gasteiger partial charge in [-0.15, -0.1) is 17.9 Å². The van der Waals surface area contributed by atoms with Gasteiger partial charge in [-0.3, -0.25) is 4.79 Å². The summed E-state index contributed by atoms with van der Waals surface area (Å²) < 4.78 is 0. The third-order valence-electron chi connectivity index (χ3n) is 2.51. The molecule has 1 aromatic heterocycles. The molecule has 0 aliphatic carbocycles. The molecule has 2 aromatic rings. The molecule has 0 unspecified atom stereocenters. The molecule has 0 atom stereocenters. The van der Waals surface area contributed by atoms with E-state index in [9.17, 15) is 4.79 Å². The highest BCUT2D eigenvalue weighted by molar-refractivity contribution is 7.17. The highest BCUT2D eigenvalue weighted by Crippen LogP contribution is 2.32. The van der Waals surface area contributed by atoms with Crippen molar-refractivity contribution in [3.05, 3.63) is 52.5 Å². The molecule has 1 aromatic carbocycles. The van der Waals surface area contributed by atoms with Gasteiger partial charge < -0.3 is 5.32 Å². The number of benzene rings is 1. The number of aromatic nitrogens is 1. The second kappa shape index (κ2) is 5.99. The van der Waals surface area contributed by atoms with Crippen LogP contribution in [-0.2, 0) is 0 Å². The number of carbonyl (C=O) groups excluding carboxylic acids is 1. The summed E-state index contributed by atoms with van der Waals surface area (Å²) >= 11 is 7.48. The van der Waals surface area contributed by atoms with E-state index < -0.39 is 0 Å². The van der Waals surface area contributed by atoms with Crippen molar-refractivity contribution in [1.82, 2.24) is 10.3 Å².